The predicted octanol–water partition coefficient (Wildman–Crippen LogP) is -0.107. The Kier molecular flexibility index (Phi) is 3.55. The molecule has 1 atom stereocenters. The average molecular weight is 197 g/mol. The number of allylic oxidation sites excluding steroid dienone is 3. The molecule has 0 spiro atoms. The first-order valence-corrected chi connectivity index (χ1v) is 4.34. The zero-order valence-corrected chi connectivity index (χ0v) is 7.88. The Morgan fingerprint density at radius 3 is 2.93 bits per heavy atom. The molecule has 0 saturated carbocycles. The molecular formula is C9H13N2O3+. The van der Waals surface area contributed by atoms with E-state index in [4.69, 9.17) is 0 Å². The van der Waals surface area contributed by atoms with Gasteiger partial charge in [-0.05, 0) is 13.0 Å². The molecule has 0 heterocycles. The lowest BCUT2D eigenvalue weighted by Crippen LogP contribution is -2.78. The highest BCUT2D eigenvalue weighted by molar-refractivity contribution is 5.19. The number of rotatable bonds is 3. The number of hydrogen-bond acceptors (Lipinski definition) is 3. The van der Waals surface area contributed by atoms with Crippen LogP contribution in [0.5, 0.6) is 0 Å². The first kappa shape index (κ1) is 10.6. The van der Waals surface area contributed by atoms with Crippen molar-refractivity contribution in [3.63, 3.8) is 0 Å². The summed E-state index contributed by atoms with van der Waals surface area (Å²) in [6, 6.07) is 0. The Balaban J connectivity index is 2.74. The van der Waals surface area contributed by atoms with Gasteiger partial charge < -0.3 is 5.11 Å². The van der Waals surface area contributed by atoms with Gasteiger partial charge in [-0.2, -0.15) is 0 Å². The van der Waals surface area contributed by atoms with Crippen LogP contribution in [-0.4, -0.2) is 16.1 Å². The van der Waals surface area contributed by atoms with Crippen LogP contribution in [0.4, 0.5) is 0 Å². The van der Waals surface area contributed by atoms with E-state index in [1.165, 1.54) is 6.08 Å². The lowest BCUT2D eigenvalue weighted by molar-refractivity contribution is -0.545. The second-order valence-corrected chi connectivity index (χ2v) is 2.99. The van der Waals surface area contributed by atoms with Crippen molar-refractivity contribution in [2.45, 2.75) is 19.4 Å². The summed E-state index contributed by atoms with van der Waals surface area (Å²) in [5.41, 5.74) is 0.754. The van der Waals surface area contributed by atoms with E-state index in [0.29, 0.717) is 5.70 Å². The number of nitro groups is 1. The number of aliphatic hydroxyl groups excluding tert-OH is 1. The standard InChI is InChI=1S/C9H12N2O3/c1-2-5-10-8-4-3-7(11(13)14)6-9(8)12/h2-5,9-10,12H,6H2,1H3/p+1. The minimum Gasteiger partial charge on any atom is -0.382 e. The van der Waals surface area contributed by atoms with Crippen molar-refractivity contribution in [1.29, 1.82) is 0 Å². The van der Waals surface area contributed by atoms with E-state index in [1.54, 1.807) is 17.6 Å². The van der Waals surface area contributed by atoms with Crippen LogP contribution >= 0.6 is 0 Å². The van der Waals surface area contributed by atoms with E-state index in [0.717, 1.165) is 0 Å². The van der Waals surface area contributed by atoms with Crippen LogP contribution in [0.15, 0.2) is 35.8 Å². The maximum Gasteiger partial charge on any atom is 0.249 e. The monoisotopic (exact) mass is 197 g/mol. The highest BCUT2D eigenvalue weighted by Gasteiger charge is 2.25. The van der Waals surface area contributed by atoms with Gasteiger partial charge in [0, 0.05) is 12.2 Å². The molecule has 1 aliphatic rings. The second kappa shape index (κ2) is 4.69. The fourth-order valence-electron chi connectivity index (χ4n) is 1.20. The summed E-state index contributed by atoms with van der Waals surface area (Å²) < 4.78 is 0. The highest BCUT2D eigenvalue weighted by atomic mass is 16.6. The largest absolute Gasteiger partial charge is 0.382 e. The zero-order valence-electron chi connectivity index (χ0n) is 7.88. The van der Waals surface area contributed by atoms with Crippen LogP contribution in [-0.2, 0) is 0 Å². The van der Waals surface area contributed by atoms with Crippen LogP contribution in [0.1, 0.15) is 13.3 Å². The van der Waals surface area contributed by atoms with Crippen molar-refractivity contribution in [3.8, 4) is 0 Å². The smallest absolute Gasteiger partial charge is 0.249 e. The Morgan fingerprint density at radius 2 is 2.43 bits per heavy atom. The van der Waals surface area contributed by atoms with Crippen molar-refractivity contribution < 1.29 is 15.3 Å². The van der Waals surface area contributed by atoms with Gasteiger partial charge in [0.2, 0.25) is 5.70 Å². The van der Waals surface area contributed by atoms with Gasteiger partial charge in [-0.25, -0.2) is 0 Å². The summed E-state index contributed by atoms with van der Waals surface area (Å²) in [6.07, 6.45) is 5.94. The number of quaternary nitrogens is 1. The van der Waals surface area contributed by atoms with Gasteiger partial charge in [0.15, 0.2) is 0 Å². The summed E-state index contributed by atoms with van der Waals surface area (Å²) >= 11 is 0. The van der Waals surface area contributed by atoms with E-state index < -0.39 is 11.0 Å². The molecule has 0 aliphatic heterocycles. The number of hydrogen-bond donors (Lipinski definition) is 2. The molecule has 1 aliphatic carbocycles. The number of nitrogens with two attached hydrogens (primary N) is 1. The number of aliphatic hydroxyl groups is 1. The van der Waals surface area contributed by atoms with Gasteiger partial charge in [-0.1, -0.05) is 0 Å². The van der Waals surface area contributed by atoms with Crippen molar-refractivity contribution in [3.05, 3.63) is 45.9 Å². The van der Waals surface area contributed by atoms with Crippen molar-refractivity contribution >= 4 is 0 Å². The molecule has 5 heteroatoms. The molecule has 0 aromatic rings. The predicted molar refractivity (Wildman–Crippen MR) is 50.5 cm³/mol. The summed E-state index contributed by atoms with van der Waals surface area (Å²) in [5.74, 6) is 0. The van der Waals surface area contributed by atoms with E-state index >= 15 is 0 Å². The molecule has 0 saturated heterocycles. The third kappa shape index (κ3) is 2.51. The second-order valence-electron chi connectivity index (χ2n) is 2.99. The number of nitrogens with zero attached hydrogens (tertiary/aromatic N) is 1. The van der Waals surface area contributed by atoms with Crippen molar-refractivity contribution in [1.82, 2.24) is 0 Å². The van der Waals surface area contributed by atoms with Gasteiger partial charge in [-0.3, -0.25) is 15.4 Å². The molecular weight excluding hydrogens is 184 g/mol. The van der Waals surface area contributed by atoms with Gasteiger partial charge >= 0.3 is 0 Å². The van der Waals surface area contributed by atoms with Gasteiger partial charge in [0.25, 0.3) is 0 Å². The Bertz CT molecular complexity index is 318. The molecule has 3 N–H and O–H groups in total. The highest BCUT2D eigenvalue weighted by Crippen LogP contribution is 2.15. The zero-order chi connectivity index (χ0) is 10.6. The minimum absolute atomic E-state index is 0.0510. The molecule has 0 radical (unpaired) electrons. The van der Waals surface area contributed by atoms with E-state index in [1.807, 2.05) is 13.0 Å². The molecule has 14 heavy (non-hydrogen) atoms. The van der Waals surface area contributed by atoms with E-state index in [2.05, 4.69) is 0 Å². The quantitative estimate of drug-likeness (QED) is 0.489. The molecule has 0 amide bonds. The topological polar surface area (TPSA) is 80.0 Å². The minimum atomic E-state index is -0.767. The van der Waals surface area contributed by atoms with E-state index in [9.17, 15) is 15.2 Å². The first-order valence-electron chi connectivity index (χ1n) is 4.34. The molecule has 1 rings (SSSR count). The molecule has 5 nitrogen and oxygen atoms in total. The van der Waals surface area contributed by atoms with Crippen LogP contribution in [0.25, 0.3) is 0 Å². The van der Waals surface area contributed by atoms with Crippen LogP contribution < -0.4 is 5.32 Å². The summed E-state index contributed by atoms with van der Waals surface area (Å²) in [7, 11) is 0. The van der Waals surface area contributed by atoms with Crippen molar-refractivity contribution in [2.75, 3.05) is 0 Å². The Labute approximate surface area is 81.6 Å². The summed E-state index contributed by atoms with van der Waals surface area (Å²) in [5, 5.41) is 21.7. The lowest BCUT2D eigenvalue weighted by Gasteiger charge is -2.12. The van der Waals surface area contributed by atoms with Crippen LogP contribution in [0.2, 0.25) is 0 Å². The Hall–Kier alpha value is -1.46. The van der Waals surface area contributed by atoms with Gasteiger partial charge in [0.1, 0.15) is 11.8 Å². The normalized spacial score (nSPS) is 22.0. The third-order valence-corrected chi connectivity index (χ3v) is 1.97. The van der Waals surface area contributed by atoms with Crippen LogP contribution in [0.3, 0.4) is 0 Å². The maximum atomic E-state index is 10.4. The summed E-state index contributed by atoms with van der Waals surface area (Å²) in [4.78, 5) is 9.93. The van der Waals surface area contributed by atoms with Crippen molar-refractivity contribution in [2.24, 2.45) is 0 Å². The molecule has 0 aromatic carbocycles. The molecule has 1 unspecified atom stereocenters. The van der Waals surface area contributed by atoms with Crippen LogP contribution in [0, 0.1) is 10.1 Å². The molecule has 0 bridgehead atoms. The third-order valence-electron chi connectivity index (χ3n) is 1.97. The average Bonchev–Trinajstić information content (AvgIpc) is 2.15. The van der Waals surface area contributed by atoms with Gasteiger partial charge in [0.05, 0.1) is 17.5 Å². The maximum absolute atomic E-state index is 10.4. The first-order chi connectivity index (χ1) is 6.65. The van der Waals surface area contributed by atoms with Gasteiger partial charge in [-0.15, -0.1) is 0 Å². The fourth-order valence-corrected chi connectivity index (χ4v) is 1.20. The fraction of sp³-hybridized carbons (Fsp3) is 0.333. The SMILES string of the molecule is CC=C[NH2+]C1=CC=C([N+](=O)[O-])CC1O. The Morgan fingerprint density at radius 1 is 1.71 bits per heavy atom. The van der Waals surface area contributed by atoms with E-state index in [-0.39, 0.29) is 12.1 Å². The molecule has 0 fully saturated rings. The summed E-state index contributed by atoms with van der Waals surface area (Å²) in [6.45, 7) is 1.87. The molecule has 76 valence electrons. The lowest BCUT2D eigenvalue weighted by atomic mass is 10.1. The molecule has 0 aromatic heterocycles.